The highest BCUT2D eigenvalue weighted by atomic mass is 32.2. The molecule has 2 N–H and O–H groups in total. The Bertz CT molecular complexity index is 604. The molecule has 0 saturated carbocycles. The summed E-state index contributed by atoms with van der Waals surface area (Å²) in [6, 6.07) is 4.25. The number of benzene rings is 1. The van der Waals surface area contributed by atoms with Gasteiger partial charge in [0, 0.05) is 12.3 Å². The minimum atomic E-state index is -3.77. The number of sulfone groups is 1. The summed E-state index contributed by atoms with van der Waals surface area (Å²) in [5.41, 5.74) is 0. The molecular weight excluding hydrogens is 278 g/mol. The Kier molecular flexibility index (Phi) is 4.36. The summed E-state index contributed by atoms with van der Waals surface area (Å²) in [6.45, 7) is 1.47. The highest BCUT2D eigenvalue weighted by Gasteiger charge is 2.19. The summed E-state index contributed by atoms with van der Waals surface area (Å²) >= 11 is 0. The molecule has 0 aliphatic rings. The fourth-order valence-corrected chi connectivity index (χ4v) is 3.79. The van der Waals surface area contributed by atoms with Crippen molar-refractivity contribution >= 4 is 19.9 Å². The summed E-state index contributed by atoms with van der Waals surface area (Å²) in [7, 11) is -7.03. The number of sulfonamides is 1. The molecule has 0 aromatic heterocycles. The molecule has 0 fully saturated rings. The molecule has 1 aromatic carbocycles. The first-order chi connectivity index (χ1) is 8.10. The zero-order valence-electron chi connectivity index (χ0n) is 9.99. The first-order valence-electron chi connectivity index (χ1n) is 5.09. The van der Waals surface area contributed by atoms with Gasteiger partial charge in [0.2, 0.25) is 10.0 Å². The molecule has 1 unspecified atom stereocenters. The van der Waals surface area contributed by atoms with Crippen LogP contribution in [-0.4, -0.2) is 40.0 Å². The molecular formula is C10H15NO5S2. The van der Waals surface area contributed by atoms with Crippen LogP contribution in [0.15, 0.2) is 29.2 Å². The Labute approximate surface area is 107 Å². The Morgan fingerprint density at radius 3 is 2.11 bits per heavy atom. The number of nitrogens with one attached hydrogen (secondary N) is 1. The van der Waals surface area contributed by atoms with Crippen LogP contribution in [-0.2, 0) is 19.9 Å². The van der Waals surface area contributed by atoms with E-state index >= 15 is 0 Å². The molecule has 6 nitrogen and oxygen atoms in total. The first kappa shape index (κ1) is 14.9. The number of rotatable bonds is 5. The Morgan fingerprint density at radius 2 is 1.67 bits per heavy atom. The molecule has 0 heterocycles. The molecule has 1 rings (SSSR count). The van der Waals surface area contributed by atoms with Gasteiger partial charge >= 0.3 is 0 Å². The van der Waals surface area contributed by atoms with E-state index in [2.05, 4.69) is 4.72 Å². The third kappa shape index (κ3) is 4.63. The third-order valence-electron chi connectivity index (χ3n) is 2.06. The van der Waals surface area contributed by atoms with E-state index in [1.807, 2.05) is 0 Å². The van der Waals surface area contributed by atoms with Crippen molar-refractivity contribution in [2.75, 3.05) is 12.0 Å². The molecule has 0 aliphatic carbocycles. The average Bonchev–Trinajstić information content (AvgIpc) is 2.13. The topological polar surface area (TPSA) is 101 Å². The van der Waals surface area contributed by atoms with Crippen molar-refractivity contribution in [2.45, 2.75) is 17.9 Å². The van der Waals surface area contributed by atoms with E-state index < -0.39 is 25.9 Å². The number of phenolic OH excluding ortho intramolecular Hbond substituents is 1. The van der Waals surface area contributed by atoms with Gasteiger partial charge in [0.25, 0.3) is 0 Å². The summed E-state index contributed by atoms with van der Waals surface area (Å²) in [5.74, 6) is -0.317. The van der Waals surface area contributed by atoms with Crippen molar-refractivity contribution in [3.05, 3.63) is 24.3 Å². The van der Waals surface area contributed by atoms with Gasteiger partial charge in [-0.05, 0) is 31.2 Å². The van der Waals surface area contributed by atoms with Gasteiger partial charge in [0.15, 0.2) is 0 Å². The maximum atomic E-state index is 11.9. The van der Waals surface area contributed by atoms with Gasteiger partial charge in [0.1, 0.15) is 15.6 Å². The van der Waals surface area contributed by atoms with Crippen molar-refractivity contribution in [3.8, 4) is 5.75 Å². The number of hydrogen-bond donors (Lipinski definition) is 2. The number of hydrogen-bond acceptors (Lipinski definition) is 5. The summed E-state index contributed by atoms with van der Waals surface area (Å²) in [5, 5.41) is 9.06. The molecule has 8 heteroatoms. The van der Waals surface area contributed by atoms with Gasteiger partial charge in [-0.1, -0.05) is 0 Å². The van der Waals surface area contributed by atoms with Crippen LogP contribution in [0.4, 0.5) is 0 Å². The normalized spacial score (nSPS) is 14.3. The van der Waals surface area contributed by atoms with Crippen LogP contribution in [0.25, 0.3) is 0 Å². The molecule has 0 bridgehead atoms. The first-order valence-corrected chi connectivity index (χ1v) is 8.63. The molecule has 18 heavy (non-hydrogen) atoms. The molecule has 1 aromatic rings. The number of aromatic hydroxyl groups is 1. The van der Waals surface area contributed by atoms with Crippen LogP contribution in [0.3, 0.4) is 0 Å². The van der Waals surface area contributed by atoms with E-state index in [0.717, 1.165) is 6.26 Å². The fraction of sp³-hybridized carbons (Fsp3) is 0.400. The predicted octanol–water partition coefficient (Wildman–Crippen LogP) is 0.104. The van der Waals surface area contributed by atoms with Gasteiger partial charge in [-0.25, -0.2) is 21.6 Å². The van der Waals surface area contributed by atoms with Crippen molar-refractivity contribution in [1.29, 1.82) is 0 Å². The van der Waals surface area contributed by atoms with E-state index in [9.17, 15) is 16.8 Å². The quantitative estimate of drug-likeness (QED) is 0.802. The van der Waals surface area contributed by atoms with E-state index in [1.54, 1.807) is 0 Å². The summed E-state index contributed by atoms with van der Waals surface area (Å²) in [4.78, 5) is -0.0272. The van der Waals surface area contributed by atoms with Crippen molar-refractivity contribution in [1.82, 2.24) is 4.72 Å². The summed E-state index contributed by atoms with van der Waals surface area (Å²) in [6.07, 6.45) is 1.04. The van der Waals surface area contributed by atoms with Gasteiger partial charge < -0.3 is 5.11 Å². The Hall–Kier alpha value is -1.12. The predicted molar refractivity (Wildman–Crippen MR) is 67.6 cm³/mol. The lowest BCUT2D eigenvalue weighted by atomic mass is 10.3. The van der Waals surface area contributed by atoms with E-state index in [-0.39, 0.29) is 16.4 Å². The van der Waals surface area contributed by atoms with Crippen LogP contribution in [0.2, 0.25) is 0 Å². The van der Waals surface area contributed by atoms with E-state index in [4.69, 9.17) is 5.11 Å². The number of phenols is 1. The smallest absolute Gasteiger partial charge is 0.240 e. The fourth-order valence-electron chi connectivity index (χ4n) is 1.45. The SMILES string of the molecule is CC(CS(C)(=O)=O)NS(=O)(=O)c1ccc(O)cc1. The van der Waals surface area contributed by atoms with Gasteiger partial charge in [-0.3, -0.25) is 0 Å². The van der Waals surface area contributed by atoms with Crippen LogP contribution < -0.4 is 4.72 Å². The van der Waals surface area contributed by atoms with Crippen molar-refractivity contribution in [3.63, 3.8) is 0 Å². The second-order valence-electron chi connectivity index (χ2n) is 4.11. The molecule has 0 radical (unpaired) electrons. The maximum absolute atomic E-state index is 11.9. The molecule has 0 aliphatic heterocycles. The maximum Gasteiger partial charge on any atom is 0.240 e. The van der Waals surface area contributed by atoms with Crippen molar-refractivity contribution in [2.24, 2.45) is 0 Å². The largest absolute Gasteiger partial charge is 0.508 e. The summed E-state index contributed by atoms with van der Waals surface area (Å²) < 4.78 is 48.0. The van der Waals surface area contributed by atoms with Crippen molar-refractivity contribution < 1.29 is 21.9 Å². The zero-order chi connectivity index (χ0) is 14.0. The minimum Gasteiger partial charge on any atom is -0.508 e. The second-order valence-corrected chi connectivity index (χ2v) is 8.01. The second kappa shape index (κ2) is 5.25. The highest BCUT2D eigenvalue weighted by Crippen LogP contribution is 2.14. The lowest BCUT2D eigenvalue weighted by Gasteiger charge is -2.13. The van der Waals surface area contributed by atoms with Gasteiger partial charge in [0.05, 0.1) is 10.6 Å². The third-order valence-corrected chi connectivity index (χ3v) is 4.77. The molecule has 0 spiro atoms. The highest BCUT2D eigenvalue weighted by molar-refractivity contribution is 7.91. The zero-order valence-corrected chi connectivity index (χ0v) is 11.6. The van der Waals surface area contributed by atoms with Crippen LogP contribution in [0.1, 0.15) is 6.92 Å². The molecule has 102 valence electrons. The van der Waals surface area contributed by atoms with E-state index in [1.165, 1.54) is 31.2 Å². The van der Waals surface area contributed by atoms with Crippen LogP contribution >= 0.6 is 0 Å². The van der Waals surface area contributed by atoms with Crippen LogP contribution in [0, 0.1) is 0 Å². The lowest BCUT2D eigenvalue weighted by Crippen LogP contribution is -2.37. The average molecular weight is 293 g/mol. The van der Waals surface area contributed by atoms with Gasteiger partial charge in [-0.15, -0.1) is 0 Å². The monoisotopic (exact) mass is 293 g/mol. The minimum absolute atomic E-state index is 0.0272. The van der Waals surface area contributed by atoms with E-state index in [0.29, 0.717) is 0 Å². The standard InChI is InChI=1S/C10H15NO5S2/c1-8(7-17(2,13)14)11-18(15,16)10-5-3-9(12)4-6-10/h3-6,8,11-12H,7H2,1-2H3. The Balaban J connectivity index is 2.86. The molecule has 0 saturated heterocycles. The molecule has 1 atom stereocenters. The van der Waals surface area contributed by atoms with Gasteiger partial charge in [-0.2, -0.15) is 0 Å². The Morgan fingerprint density at radius 1 is 1.17 bits per heavy atom. The van der Waals surface area contributed by atoms with Crippen LogP contribution in [0.5, 0.6) is 5.75 Å². The molecule has 0 amide bonds. The lowest BCUT2D eigenvalue weighted by molar-refractivity contribution is 0.474.